The van der Waals surface area contributed by atoms with Crippen LogP contribution in [0.15, 0.2) is 42.5 Å². The summed E-state index contributed by atoms with van der Waals surface area (Å²) in [7, 11) is 1.63. The predicted molar refractivity (Wildman–Crippen MR) is 86.4 cm³/mol. The Bertz CT molecular complexity index is 859. The van der Waals surface area contributed by atoms with Gasteiger partial charge < -0.3 is 0 Å². The molecule has 3 rings (SSSR count). The van der Waals surface area contributed by atoms with Crippen molar-refractivity contribution < 1.29 is 4.79 Å². The monoisotopic (exact) mass is 312 g/mol. The van der Waals surface area contributed by atoms with Crippen molar-refractivity contribution in [2.45, 2.75) is 0 Å². The summed E-state index contributed by atoms with van der Waals surface area (Å²) in [5.41, 5.74) is 0.523. The number of benzene rings is 2. The van der Waals surface area contributed by atoms with Crippen LogP contribution in [0.4, 0.5) is 5.95 Å². The van der Waals surface area contributed by atoms with Gasteiger partial charge in [-0.15, -0.1) is 5.10 Å². The number of amides is 1. The minimum absolute atomic E-state index is 0.117. The van der Waals surface area contributed by atoms with E-state index in [0.717, 1.165) is 10.8 Å². The highest BCUT2D eigenvalue weighted by molar-refractivity contribution is 7.80. The summed E-state index contributed by atoms with van der Waals surface area (Å²) >= 11 is 5.06. The number of anilines is 1. The zero-order valence-corrected chi connectivity index (χ0v) is 12.5. The molecule has 0 saturated heterocycles. The number of tetrazole rings is 1. The van der Waals surface area contributed by atoms with E-state index in [9.17, 15) is 4.79 Å². The topological polar surface area (TPSA) is 84.7 Å². The lowest BCUT2D eigenvalue weighted by molar-refractivity contribution is 0.0978. The molecule has 0 saturated carbocycles. The third-order valence-electron chi connectivity index (χ3n) is 2.97. The van der Waals surface area contributed by atoms with Gasteiger partial charge in [-0.3, -0.25) is 15.4 Å². The molecule has 22 heavy (non-hydrogen) atoms. The van der Waals surface area contributed by atoms with Gasteiger partial charge >= 0.3 is 0 Å². The zero-order chi connectivity index (χ0) is 15.5. The van der Waals surface area contributed by atoms with Gasteiger partial charge in [-0.1, -0.05) is 35.4 Å². The smallest absolute Gasteiger partial charge is 0.269 e. The average molecular weight is 312 g/mol. The Kier molecular flexibility index (Phi) is 3.75. The third-order valence-corrected chi connectivity index (χ3v) is 3.18. The summed E-state index contributed by atoms with van der Waals surface area (Å²) in [6, 6.07) is 13.3. The maximum atomic E-state index is 12.2. The first-order chi connectivity index (χ1) is 10.6. The number of nitrogens with zero attached hydrogens (tertiary/aromatic N) is 4. The molecule has 0 radical (unpaired) electrons. The van der Waals surface area contributed by atoms with E-state index in [1.54, 1.807) is 13.1 Å². The van der Waals surface area contributed by atoms with E-state index < -0.39 is 0 Å². The Morgan fingerprint density at radius 3 is 2.68 bits per heavy atom. The maximum Gasteiger partial charge on any atom is 0.269 e. The quantitative estimate of drug-likeness (QED) is 0.697. The van der Waals surface area contributed by atoms with Gasteiger partial charge in [0.05, 0.1) is 7.05 Å². The summed E-state index contributed by atoms with van der Waals surface area (Å²) in [4.78, 5) is 13.5. The number of fused-ring (bicyclic) bond motifs is 1. The van der Waals surface area contributed by atoms with Gasteiger partial charge in [-0.2, -0.15) is 4.80 Å². The Morgan fingerprint density at radius 2 is 1.95 bits per heavy atom. The van der Waals surface area contributed by atoms with Gasteiger partial charge in [-0.25, -0.2) is 0 Å². The minimum Gasteiger partial charge on any atom is -0.299 e. The number of aryl methyl sites for hydroxylation is 1. The number of hydrogen-bond acceptors (Lipinski definition) is 5. The van der Waals surface area contributed by atoms with Crippen molar-refractivity contribution in [3.63, 3.8) is 0 Å². The fourth-order valence-electron chi connectivity index (χ4n) is 1.97. The van der Waals surface area contributed by atoms with Crippen molar-refractivity contribution in [3.05, 3.63) is 48.0 Å². The molecule has 8 heteroatoms. The van der Waals surface area contributed by atoms with E-state index in [1.165, 1.54) is 4.80 Å². The second-order valence-electron chi connectivity index (χ2n) is 4.57. The van der Waals surface area contributed by atoms with Gasteiger partial charge in [0.2, 0.25) is 0 Å². The molecular weight excluding hydrogens is 300 g/mol. The van der Waals surface area contributed by atoms with Crippen LogP contribution in [-0.4, -0.2) is 31.2 Å². The molecule has 1 aromatic heterocycles. The molecule has 0 spiro atoms. The number of carbonyl (C=O) groups excluding carboxylic acids is 1. The largest absolute Gasteiger partial charge is 0.299 e. The second-order valence-corrected chi connectivity index (χ2v) is 4.98. The van der Waals surface area contributed by atoms with Crippen molar-refractivity contribution in [2.75, 3.05) is 5.32 Å². The molecule has 1 heterocycles. The SMILES string of the molecule is Cn1nnc(NC(=S)NC(=O)c2ccc3ccccc3c2)n1. The normalized spacial score (nSPS) is 10.4. The van der Waals surface area contributed by atoms with Gasteiger partial charge in [0, 0.05) is 5.56 Å². The predicted octanol–water partition coefficient (Wildman–Crippen LogP) is 1.49. The molecule has 0 aliphatic heterocycles. The van der Waals surface area contributed by atoms with Crippen LogP contribution in [0.25, 0.3) is 10.8 Å². The van der Waals surface area contributed by atoms with Crippen LogP contribution in [0.5, 0.6) is 0 Å². The van der Waals surface area contributed by atoms with Crippen molar-refractivity contribution in [1.29, 1.82) is 0 Å². The first-order valence-electron chi connectivity index (χ1n) is 6.47. The van der Waals surface area contributed by atoms with Crippen LogP contribution in [0.1, 0.15) is 10.4 Å². The Balaban J connectivity index is 1.71. The Morgan fingerprint density at radius 1 is 1.18 bits per heavy atom. The number of aromatic nitrogens is 4. The summed E-state index contributed by atoms with van der Waals surface area (Å²) < 4.78 is 0. The van der Waals surface area contributed by atoms with Crippen molar-refractivity contribution in [2.24, 2.45) is 7.05 Å². The summed E-state index contributed by atoms with van der Waals surface area (Å²) in [5, 5.41) is 18.8. The Hall–Kier alpha value is -2.87. The fraction of sp³-hybridized carbons (Fsp3) is 0.0714. The summed E-state index contributed by atoms with van der Waals surface area (Å²) in [6.07, 6.45) is 0. The van der Waals surface area contributed by atoms with Crippen LogP contribution in [-0.2, 0) is 7.05 Å². The molecule has 0 aliphatic carbocycles. The first kappa shape index (κ1) is 14.1. The highest BCUT2D eigenvalue weighted by atomic mass is 32.1. The first-order valence-corrected chi connectivity index (χ1v) is 6.88. The zero-order valence-electron chi connectivity index (χ0n) is 11.6. The van der Waals surface area contributed by atoms with Crippen molar-refractivity contribution in [1.82, 2.24) is 25.5 Å². The lowest BCUT2D eigenvalue weighted by Gasteiger charge is -2.07. The molecule has 0 aliphatic rings. The molecule has 3 aromatic rings. The van der Waals surface area contributed by atoms with Crippen LogP contribution in [0.2, 0.25) is 0 Å². The summed E-state index contributed by atoms with van der Waals surface area (Å²) in [5.74, 6) is -0.0709. The number of carbonyl (C=O) groups is 1. The lowest BCUT2D eigenvalue weighted by Crippen LogP contribution is -2.34. The molecule has 1 amide bonds. The van der Waals surface area contributed by atoms with Crippen molar-refractivity contribution >= 4 is 40.0 Å². The van der Waals surface area contributed by atoms with E-state index >= 15 is 0 Å². The molecule has 7 nitrogen and oxygen atoms in total. The van der Waals surface area contributed by atoms with E-state index in [4.69, 9.17) is 12.2 Å². The number of hydrogen-bond donors (Lipinski definition) is 2. The molecule has 2 N–H and O–H groups in total. The van der Waals surface area contributed by atoms with E-state index in [1.807, 2.05) is 36.4 Å². The van der Waals surface area contributed by atoms with E-state index in [0.29, 0.717) is 5.56 Å². The fourth-order valence-corrected chi connectivity index (χ4v) is 2.16. The van der Waals surface area contributed by atoms with Gasteiger partial charge in [0.15, 0.2) is 5.11 Å². The average Bonchev–Trinajstić information content (AvgIpc) is 2.91. The highest BCUT2D eigenvalue weighted by Crippen LogP contribution is 2.15. The van der Waals surface area contributed by atoms with Crippen LogP contribution >= 0.6 is 12.2 Å². The Labute approximate surface area is 131 Å². The van der Waals surface area contributed by atoms with Crippen molar-refractivity contribution in [3.8, 4) is 0 Å². The number of thiocarbonyl (C=S) groups is 1. The molecule has 0 unspecified atom stereocenters. The van der Waals surface area contributed by atoms with Gasteiger partial charge in [0.25, 0.3) is 11.9 Å². The standard InChI is InChI=1S/C14H12N6OS/c1-20-18-13(17-19-20)16-14(22)15-12(21)11-7-6-9-4-2-3-5-10(9)8-11/h2-8H,1H3,(H2,15,16,18,21,22). The molecule has 0 bridgehead atoms. The van der Waals surface area contributed by atoms with E-state index in [2.05, 4.69) is 26.0 Å². The number of rotatable bonds is 2. The van der Waals surface area contributed by atoms with Crippen LogP contribution < -0.4 is 10.6 Å². The third kappa shape index (κ3) is 3.07. The van der Waals surface area contributed by atoms with Crippen LogP contribution in [0.3, 0.4) is 0 Å². The highest BCUT2D eigenvalue weighted by Gasteiger charge is 2.10. The molecule has 2 aromatic carbocycles. The molecular formula is C14H12N6OS. The molecule has 0 atom stereocenters. The summed E-state index contributed by atoms with van der Waals surface area (Å²) in [6.45, 7) is 0. The molecule has 0 fully saturated rings. The lowest BCUT2D eigenvalue weighted by atomic mass is 10.1. The van der Waals surface area contributed by atoms with Crippen LogP contribution in [0, 0.1) is 0 Å². The maximum absolute atomic E-state index is 12.2. The van der Waals surface area contributed by atoms with E-state index in [-0.39, 0.29) is 17.0 Å². The second kappa shape index (κ2) is 5.86. The minimum atomic E-state index is -0.299. The molecule has 110 valence electrons. The number of nitrogens with one attached hydrogen (secondary N) is 2. The van der Waals surface area contributed by atoms with Gasteiger partial charge in [0.1, 0.15) is 0 Å². The van der Waals surface area contributed by atoms with Gasteiger partial charge in [-0.05, 0) is 40.3 Å².